The van der Waals surface area contributed by atoms with Crippen LogP contribution >= 0.6 is 0 Å². The third-order valence-corrected chi connectivity index (χ3v) is 1.79. The van der Waals surface area contributed by atoms with E-state index in [2.05, 4.69) is 0 Å². The quantitative estimate of drug-likeness (QED) is 0.521. The minimum absolute atomic E-state index is 0.00148. The Balaban J connectivity index is 4.10. The first-order valence-electron chi connectivity index (χ1n) is 4.20. The van der Waals surface area contributed by atoms with E-state index in [1.165, 1.54) is 0 Å². The van der Waals surface area contributed by atoms with Gasteiger partial charge in [-0.2, -0.15) is 0 Å². The second-order valence-electron chi connectivity index (χ2n) is 3.01. The smallest absolute Gasteiger partial charge is 0.317 e. The highest BCUT2D eigenvalue weighted by Gasteiger charge is 2.27. The Hall–Kier alpha value is -1.10. The first kappa shape index (κ1) is 11.9. The van der Waals surface area contributed by atoms with Crippen molar-refractivity contribution in [2.45, 2.75) is 32.2 Å². The van der Waals surface area contributed by atoms with Gasteiger partial charge in [-0.25, -0.2) is 0 Å². The lowest BCUT2D eigenvalue weighted by Crippen LogP contribution is -2.32. The maximum absolute atomic E-state index is 10.4. The second kappa shape index (κ2) is 5.53. The van der Waals surface area contributed by atoms with Crippen molar-refractivity contribution in [1.82, 2.24) is 0 Å². The van der Waals surface area contributed by atoms with Crippen molar-refractivity contribution in [3.05, 3.63) is 0 Å². The van der Waals surface area contributed by atoms with Gasteiger partial charge in [0.1, 0.15) is 0 Å². The summed E-state index contributed by atoms with van der Waals surface area (Å²) in [6, 6.07) is -0.345. The second-order valence-corrected chi connectivity index (χ2v) is 3.01. The fraction of sp³-hybridized carbons (Fsp3) is 0.750. The summed E-state index contributed by atoms with van der Waals surface area (Å²) in [5, 5.41) is 17.0. The summed E-state index contributed by atoms with van der Waals surface area (Å²) in [4.78, 5) is 20.9. The summed E-state index contributed by atoms with van der Waals surface area (Å²) >= 11 is 0. The Morgan fingerprint density at radius 2 is 1.77 bits per heavy atom. The van der Waals surface area contributed by atoms with Crippen LogP contribution in [-0.4, -0.2) is 28.2 Å². The number of aliphatic carboxylic acids is 2. The fourth-order valence-corrected chi connectivity index (χ4v) is 1.10. The maximum atomic E-state index is 10.4. The molecule has 0 bridgehead atoms. The molecule has 0 aromatic rings. The molecule has 4 N–H and O–H groups in total. The summed E-state index contributed by atoms with van der Waals surface area (Å²) in [6.45, 7) is 1.91. The molecule has 0 aliphatic heterocycles. The molecule has 0 aromatic carbocycles. The van der Waals surface area contributed by atoms with Gasteiger partial charge in [-0.15, -0.1) is 0 Å². The third kappa shape index (κ3) is 4.47. The van der Waals surface area contributed by atoms with Crippen molar-refractivity contribution in [2.75, 3.05) is 0 Å². The van der Waals surface area contributed by atoms with E-state index in [9.17, 15) is 9.59 Å². The highest BCUT2D eigenvalue weighted by molar-refractivity contribution is 5.92. The van der Waals surface area contributed by atoms with Crippen LogP contribution in [0.25, 0.3) is 0 Å². The molecule has 0 saturated carbocycles. The Morgan fingerprint density at radius 1 is 1.31 bits per heavy atom. The summed E-state index contributed by atoms with van der Waals surface area (Å²) in [6.07, 6.45) is 1.47. The number of nitrogens with two attached hydrogens (primary N) is 1. The average Bonchev–Trinajstić information content (AvgIpc) is 1.99. The highest BCUT2D eigenvalue weighted by Crippen LogP contribution is 2.09. The molecule has 0 radical (unpaired) electrons. The number of hydrogen-bond acceptors (Lipinski definition) is 3. The molecule has 76 valence electrons. The number of carboxylic acids is 2. The molecule has 0 heterocycles. The lowest BCUT2D eigenvalue weighted by Gasteiger charge is -2.13. The number of carbonyl (C=O) groups is 2. The Bertz CT molecular complexity index is 179. The molecule has 0 saturated heterocycles. The van der Waals surface area contributed by atoms with Crippen LogP contribution in [0.2, 0.25) is 0 Å². The van der Waals surface area contributed by atoms with E-state index >= 15 is 0 Å². The SMILES string of the molecule is CCCC(N)CC(C(=O)O)C(=O)O. The first-order chi connectivity index (χ1) is 5.99. The minimum Gasteiger partial charge on any atom is -0.481 e. The van der Waals surface area contributed by atoms with Gasteiger partial charge in [0.15, 0.2) is 5.92 Å². The Morgan fingerprint density at radius 3 is 2.08 bits per heavy atom. The van der Waals surface area contributed by atoms with E-state index in [1.807, 2.05) is 6.92 Å². The van der Waals surface area contributed by atoms with Gasteiger partial charge in [0.2, 0.25) is 0 Å². The Labute approximate surface area is 76.5 Å². The van der Waals surface area contributed by atoms with Crippen LogP contribution in [0.3, 0.4) is 0 Å². The molecule has 5 heteroatoms. The summed E-state index contributed by atoms with van der Waals surface area (Å²) in [5.74, 6) is -4.01. The molecule has 0 rings (SSSR count). The molecular weight excluding hydrogens is 174 g/mol. The zero-order valence-electron chi connectivity index (χ0n) is 7.56. The van der Waals surface area contributed by atoms with Gasteiger partial charge < -0.3 is 15.9 Å². The largest absolute Gasteiger partial charge is 0.481 e. The Kier molecular flexibility index (Phi) is 5.06. The van der Waals surface area contributed by atoms with E-state index in [0.29, 0.717) is 6.42 Å². The van der Waals surface area contributed by atoms with E-state index in [-0.39, 0.29) is 12.5 Å². The van der Waals surface area contributed by atoms with E-state index < -0.39 is 17.9 Å². The highest BCUT2D eigenvalue weighted by atomic mass is 16.4. The van der Waals surface area contributed by atoms with Gasteiger partial charge in [0.05, 0.1) is 0 Å². The maximum Gasteiger partial charge on any atom is 0.317 e. The molecule has 0 fully saturated rings. The van der Waals surface area contributed by atoms with Crippen LogP contribution in [0.1, 0.15) is 26.2 Å². The van der Waals surface area contributed by atoms with E-state index in [4.69, 9.17) is 15.9 Å². The normalized spacial score (nSPS) is 12.8. The monoisotopic (exact) mass is 189 g/mol. The minimum atomic E-state index is -1.37. The third-order valence-electron chi connectivity index (χ3n) is 1.79. The molecular formula is C8H15NO4. The average molecular weight is 189 g/mol. The summed E-state index contributed by atoms with van der Waals surface area (Å²) in [7, 11) is 0. The molecule has 0 amide bonds. The topological polar surface area (TPSA) is 101 Å². The molecule has 0 aromatic heterocycles. The van der Waals surface area contributed by atoms with Crippen LogP contribution in [-0.2, 0) is 9.59 Å². The van der Waals surface area contributed by atoms with Gasteiger partial charge in [0, 0.05) is 6.04 Å². The molecule has 1 unspecified atom stereocenters. The van der Waals surface area contributed by atoms with Gasteiger partial charge in [-0.3, -0.25) is 9.59 Å². The van der Waals surface area contributed by atoms with Crippen molar-refractivity contribution in [2.24, 2.45) is 11.7 Å². The van der Waals surface area contributed by atoms with Gasteiger partial charge >= 0.3 is 11.9 Å². The first-order valence-corrected chi connectivity index (χ1v) is 4.20. The molecule has 0 spiro atoms. The fourth-order valence-electron chi connectivity index (χ4n) is 1.10. The van der Waals surface area contributed by atoms with Gasteiger partial charge in [0.25, 0.3) is 0 Å². The van der Waals surface area contributed by atoms with Crippen molar-refractivity contribution >= 4 is 11.9 Å². The van der Waals surface area contributed by atoms with Crippen LogP contribution in [0, 0.1) is 5.92 Å². The van der Waals surface area contributed by atoms with E-state index in [1.54, 1.807) is 0 Å². The molecule has 13 heavy (non-hydrogen) atoms. The predicted molar refractivity (Wildman–Crippen MR) is 46.3 cm³/mol. The van der Waals surface area contributed by atoms with Crippen LogP contribution < -0.4 is 5.73 Å². The van der Waals surface area contributed by atoms with Gasteiger partial charge in [-0.05, 0) is 12.8 Å². The van der Waals surface area contributed by atoms with Crippen molar-refractivity contribution in [1.29, 1.82) is 0 Å². The zero-order chi connectivity index (χ0) is 10.4. The standard InChI is InChI=1S/C8H15NO4/c1-2-3-5(9)4-6(7(10)11)8(12)13/h5-6H,2-4,9H2,1H3,(H,10,11)(H,12,13). The lowest BCUT2D eigenvalue weighted by atomic mass is 9.98. The number of hydrogen-bond donors (Lipinski definition) is 3. The number of rotatable bonds is 6. The van der Waals surface area contributed by atoms with E-state index in [0.717, 1.165) is 6.42 Å². The predicted octanol–water partition coefficient (Wildman–Crippen LogP) is 0.289. The summed E-state index contributed by atoms with van der Waals surface area (Å²) < 4.78 is 0. The molecule has 5 nitrogen and oxygen atoms in total. The number of carboxylic acid groups (broad SMARTS) is 2. The van der Waals surface area contributed by atoms with Crippen LogP contribution in [0.5, 0.6) is 0 Å². The van der Waals surface area contributed by atoms with Crippen molar-refractivity contribution < 1.29 is 19.8 Å². The molecule has 1 atom stereocenters. The molecule has 0 aliphatic carbocycles. The van der Waals surface area contributed by atoms with Crippen molar-refractivity contribution in [3.8, 4) is 0 Å². The lowest BCUT2D eigenvalue weighted by molar-refractivity contribution is -0.155. The van der Waals surface area contributed by atoms with Gasteiger partial charge in [-0.1, -0.05) is 13.3 Å². The zero-order valence-corrected chi connectivity index (χ0v) is 7.56. The summed E-state index contributed by atoms with van der Waals surface area (Å²) in [5.41, 5.74) is 5.53. The van der Waals surface area contributed by atoms with Crippen LogP contribution in [0.15, 0.2) is 0 Å². The van der Waals surface area contributed by atoms with Crippen molar-refractivity contribution in [3.63, 3.8) is 0 Å². The molecule has 0 aliphatic rings. The van der Waals surface area contributed by atoms with Crippen LogP contribution in [0.4, 0.5) is 0 Å².